The predicted molar refractivity (Wildman–Crippen MR) is 50.2 cm³/mol. The standard InChI is InChI=1S/C8H4Cl2O4/c9-7(11)13-5-1-2-6(4-3-5)14-8(10)12/h1-4H. The summed E-state index contributed by atoms with van der Waals surface area (Å²) in [4.78, 5) is 20.6. The largest absolute Gasteiger partial charge is 0.414 e. The molecule has 0 aromatic heterocycles. The lowest BCUT2D eigenvalue weighted by Gasteiger charge is -2.01. The summed E-state index contributed by atoms with van der Waals surface area (Å²) in [6.45, 7) is 0. The summed E-state index contributed by atoms with van der Waals surface area (Å²) in [6, 6.07) is 5.65. The fraction of sp³-hybridized carbons (Fsp3) is 0. The fourth-order valence-electron chi connectivity index (χ4n) is 0.761. The average Bonchev–Trinajstić information content (AvgIpc) is 2.06. The molecule has 0 saturated heterocycles. The van der Waals surface area contributed by atoms with Crippen molar-refractivity contribution in [1.82, 2.24) is 0 Å². The van der Waals surface area contributed by atoms with Crippen molar-refractivity contribution < 1.29 is 19.1 Å². The first kappa shape index (κ1) is 10.8. The van der Waals surface area contributed by atoms with Gasteiger partial charge in [-0.25, -0.2) is 9.59 Å². The highest BCUT2D eigenvalue weighted by atomic mass is 35.5. The van der Waals surface area contributed by atoms with Gasteiger partial charge in [0.05, 0.1) is 0 Å². The molecule has 0 bridgehead atoms. The van der Waals surface area contributed by atoms with Gasteiger partial charge in [0.25, 0.3) is 0 Å². The number of carbonyl (C=O) groups excluding carboxylic acids is 2. The van der Waals surface area contributed by atoms with Crippen LogP contribution in [0.3, 0.4) is 0 Å². The van der Waals surface area contributed by atoms with Crippen molar-refractivity contribution >= 4 is 34.1 Å². The number of halogens is 2. The zero-order valence-corrected chi connectivity index (χ0v) is 8.21. The summed E-state index contributed by atoms with van der Waals surface area (Å²) in [5.74, 6) is 0.499. The highest BCUT2D eigenvalue weighted by Gasteiger charge is 2.02. The van der Waals surface area contributed by atoms with Crippen LogP contribution < -0.4 is 9.47 Å². The van der Waals surface area contributed by atoms with Gasteiger partial charge in [-0.05, 0) is 24.3 Å². The summed E-state index contributed by atoms with van der Waals surface area (Å²) in [5, 5.41) is 0. The van der Waals surface area contributed by atoms with Gasteiger partial charge in [-0.1, -0.05) is 0 Å². The summed E-state index contributed by atoms with van der Waals surface area (Å²) in [6.07, 6.45) is 0. The van der Waals surface area contributed by atoms with Gasteiger partial charge in [-0.2, -0.15) is 0 Å². The third-order valence-electron chi connectivity index (χ3n) is 1.22. The number of ether oxygens (including phenoxy) is 2. The van der Waals surface area contributed by atoms with Gasteiger partial charge in [-0.15, -0.1) is 0 Å². The Bertz CT molecular complexity index is 312. The van der Waals surface area contributed by atoms with Crippen molar-refractivity contribution in [3.05, 3.63) is 24.3 Å². The van der Waals surface area contributed by atoms with Crippen LogP contribution in [0.15, 0.2) is 24.3 Å². The molecule has 0 amide bonds. The van der Waals surface area contributed by atoms with Crippen LogP contribution in [0.1, 0.15) is 0 Å². The molecule has 0 aliphatic rings. The number of carbonyl (C=O) groups is 2. The Kier molecular flexibility index (Phi) is 3.73. The predicted octanol–water partition coefficient (Wildman–Crippen LogP) is 3.16. The molecule has 0 atom stereocenters. The van der Waals surface area contributed by atoms with Crippen molar-refractivity contribution in [2.24, 2.45) is 0 Å². The van der Waals surface area contributed by atoms with E-state index in [1.807, 2.05) is 0 Å². The lowest BCUT2D eigenvalue weighted by molar-refractivity contribution is 0.223. The monoisotopic (exact) mass is 234 g/mol. The van der Waals surface area contributed by atoms with Crippen molar-refractivity contribution in [3.8, 4) is 11.5 Å². The Labute approximate surface area is 89.3 Å². The van der Waals surface area contributed by atoms with Crippen LogP contribution in [0.25, 0.3) is 0 Å². The van der Waals surface area contributed by atoms with Crippen molar-refractivity contribution in [3.63, 3.8) is 0 Å². The molecular weight excluding hydrogens is 231 g/mol. The Balaban J connectivity index is 2.68. The molecule has 1 aromatic rings. The summed E-state index contributed by atoms with van der Waals surface area (Å²) in [7, 11) is 0. The van der Waals surface area contributed by atoms with Gasteiger partial charge in [0.2, 0.25) is 0 Å². The Morgan fingerprint density at radius 3 is 1.36 bits per heavy atom. The van der Waals surface area contributed by atoms with E-state index in [-0.39, 0.29) is 11.5 Å². The quantitative estimate of drug-likeness (QED) is 0.738. The minimum absolute atomic E-state index is 0.249. The van der Waals surface area contributed by atoms with E-state index in [0.29, 0.717) is 0 Å². The minimum Gasteiger partial charge on any atom is -0.414 e. The molecule has 0 unspecified atom stereocenters. The molecule has 0 aliphatic carbocycles. The van der Waals surface area contributed by atoms with E-state index >= 15 is 0 Å². The summed E-state index contributed by atoms with van der Waals surface area (Å²) in [5.41, 5.74) is -1.88. The Morgan fingerprint density at radius 1 is 0.857 bits per heavy atom. The molecule has 0 N–H and O–H groups in total. The fourth-order valence-corrected chi connectivity index (χ4v) is 0.939. The summed E-state index contributed by atoms with van der Waals surface area (Å²) < 4.78 is 9.05. The van der Waals surface area contributed by atoms with Crippen LogP contribution >= 0.6 is 23.2 Å². The van der Waals surface area contributed by atoms with Gasteiger partial charge >= 0.3 is 10.9 Å². The van der Waals surface area contributed by atoms with E-state index in [1.54, 1.807) is 0 Å². The van der Waals surface area contributed by atoms with E-state index in [2.05, 4.69) is 9.47 Å². The lowest BCUT2D eigenvalue weighted by atomic mass is 10.3. The third kappa shape index (κ3) is 3.64. The average molecular weight is 235 g/mol. The van der Waals surface area contributed by atoms with Gasteiger partial charge < -0.3 is 9.47 Å². The number of hydrogen-bond donors (Lipinski definition) is 0. The maximum absolute atomic E-state index is 10.3. The van der Waals surface area contributed by atoms with E-state index in [0.717, 1.165) is 0 Å². The number of hydrogen-bond acceptors (Lipinski definition) is 4. The van der Waals surface area contributed by atoms with Gasteiger partial charge in [0, 0.05) is 23.2 Å². The van der Waals surface area contributed by atoms with Gasteiger partial charge in [0.15, 0.2) is 0 Å². The van der Waals surface area contributed by atoms with Crippen LogP contribution in [0.4, 0.5) is 9.59 Å². The second-order valence-corrected chi connectivity index (χ2v) is 2.77. The molecule has 0 radical (unpaired) electrons. The molecule has 1 aromatic carbocycles. The molecule has 0 spiro atoms. The normalized spacial score (nSPS) is 9.29. The van der Waals surface area contributed by atoms with E-state index in [4.69, 9.17) is 23.2 Å². The maximum atomic E-state index is 10.3. The Morgan fingerprint density at radius 2 is 1.14 bits per heavy atom. The highest BCUT2D eigenvalue weighted by molar-refractivity contribution is 6.61. The second-order valence-electron chi connectivity index (χ2n) is 2.15. The first-order chi connectivity index (χ1) is 6.58. The van der Waals surface area contributed by atoms with E-state index in [1.165, 1.54) is 24.3 Å². The first-order valence-corrected chi connectivity index (χ1v) is 4.18. The zero-order valence-electron chi connectivity index (χ0n) is 6.70. The molecule has 6 heteroatoms. The van der Waals surface area contributed by atoms with Crippen LogP contribution in [-0.4, -0.2) is 10.9 Å². The van der Waals surface area contributed by atoms with E-state index in [9.17, 15) is 9.59 Å². The molecule has 1 rings (SSSR count). The minimum atomic E-state index is -0.938. The molecule has 0 fully saturated rings. The van der Waals surface area contributed by atoms with Gasteiger partial charge in [0.1, 0.15) is 11.5 Å². The Hall–Kier alpha value is -1.26. The molecule has 0 saturated carbocycles. The molecule has 74 valence electrons. The topological polar surface area (TPSA) is 52.6 Å². The van der Waals surface area contributed by atoms with Crippen molar-refractivity contribution in [2.75, 3.05) is 0 Å². The van der Waals surface area contributed by atoms with Crippen LogP contribution in [-0.2, 0) is 0 Å². The smallest absolute Gasteiger partial charge is 0.409 e. The zero-order chi connectivity index (χ0) is 10.6. The highest BCUT2D eigenvalue weighted by Crippen LogP contribution is 2.18. The summed E-state index contributed by atoms with van der Waals surface area (Å²) >= 11 is 9.94. The van der Waals surface area contributed by atoms with Crippen LogP contribution in [0.5, 0.6) is 11.5 Å². The second kappa shape index (κ2) is 4.83. The van der Waals surface area contributed by atoms with E-state index < -0.39 is 10.9 Å². The van der Waals surface area contributed by atoms with Crippen LogP contribution in [0, 0.1) is 0 Å². The van der Waals surface area contributed by atoms with Crippen LogP contribution in [0.2, 0.25) is 0 Å². The lowest BCUT2D eigenvalue weighted by Crippen LogP contribution is -1.98. The molecule has 0 heterocycles. The van der Waals surface area contributed by atoms with Crippen molar-refractivity contribution in [1.29, 1.82) is 0 Å². The molecule has 14 heavy (non-hydrogen) atoms. The first-order valence-electron chi connectivity index (χ1n) is 3.42. The molecule has 4 nitrogen and oxygen atoms in total. The number of rotatable bonds is 2. The van der Waals surface area contributed by atoms with Crippen molar-refractivity contribution in [2.45, 2.75) is 0 Å². The third-order valence-corrected chi connectivity index (χ3v) is 1.37. The molecular formula is C8H4Cl2O4. The SMILES string of the molecule is O=C(Cl)Oc1ccc(OC(=O)Cl)cc1. The maximum Gasteiger partial charge on any atom is 0.409 e. The number of benzene rings is 1. The molecule has 0 aliphatic heterocycles. The van der Waals surface area contributed by atoms with Gasteiger partial charge in [-0.3, -0.25) is 0 Å².